The van der Waals surface area contributed by atoms with E-state index in [0.717, 1.165) is 11.1 Å². The van der Waals surface area contributed by atoms with Gasteiger partial charge in [0.05, 0.1) is 12.3 Å². The Hall–Kier alpha value is -6.65. The van der Waals surface area contributed by atoms with Crippen LogP contribution in [-0.4, -0.2) is 15.0 Å². The third-order valence-electron chi connectivity index (χ3n) is 8.82. The van der Waals surface area contributed by atoms with Crippen molar-refractivity contribution in [3.05, 3.63) is 164 Å². The average Bonchev–Trinajstić information content (AvgIpc) is 3.62. The van der Waals surface area contributed by atoms with Crippen molar-refractivity contribution in [1.29, 1.82) is 0 Å². The van der Waals surface area contributed by atoms with E-state index in [0.29, 0.717) is 50.5 Å². The fraction of sp³-hybridized carbons (Fsp3) is 0. The minimum Gasteiger partial charge on any atom is -0.456 e. The molecule has 0 atom stereocenters. The van der Waals surface area contributed by atoms with Gasteiger partial charge in [-0.25, -0.2) is 15.0 Å². The maximum Gasteiger partial charge on any atom is 0.164 e. The van der Waals surface area contributed by atoms with Gasteiger partial charge in [0.2, 0.25) is 0 Å². The third kappa shape index (κ3) is 4.49. The third-order valence-corrected chi connectivity index (χ3v) is 8.82. The molecule has 0 aliphatic rings. The van der Waals surface area contributed by atoms with Crippen molar-refractivity contribution in [2.24, 2.45) is 0 Å². The number of hydrogen-bond donors (Lipinski definition) is 0. The molecular weight excluding hydrogens is 599 g/mol. The van der Waals surface area contributed by atoms with Crippen molar-refractivity contribution in [1.82, 2.24) is 15.0 Å². The van der Waals surface area contributed by atoms with E-state index in [1.807, 2.05) is 78.9 Å². The smallest absolute Gasteiger partial charge is 0.164 e. The summed E-state index contributed by atoms with van der Waals surface area (Å²) >= 11 is 0. The summed E-state index contributed by atoms with van der Waals surface area (Å²) in [7, 11) is 0. The topological polar surface area (TPSA) is 51.8 Å². The van der Waals surface area contributed by atoms with Crippen LogP contribution in [0.1, 0.15) is 12.3 Å². The van der Waals surface area contributed by atoms with E-state index in [9.17, 15) is 4.11 Å². The van der Waals surface area contributed by atoms with Crippen LogP contribution in [0.5, 0.6) is 0 Å². The van der Waals surface area contributed by atoms with Crippen molar-refractivity contribution < 1.29 is 16.8 Å². The molecule has 0 aliphatic carbocycles. The van der Waals surface area contributed by atoms with Crippen LogP contribution in [0.25, 0.3) is 99.5 Å². The number of fused-ring (bicyclic) bond motifs is 9. The van der Waals surface area contributed by atoms with E-state index in [-0.39, 0.29) is 92.3 Å². The largest absolute Gasteiger partial charge is 0.456 e. The zero-order valence-corrected chi connectivity index (χ0v) is 25.6. The summed E-state index contributed by atoms with van der Waals surface area (Å²) in [6.07, 6.45) is 0. The SMILES string of the molecule is [2H]c1cc2c3cc([2H])c([2H])c([2H])c3c3c([2H])c(-c4ccc5oc6cccc(-c7nc(-c8ccccc8)nc(-c8ccccc8)n7)c6c5c4)c([2H])c([2H])c3c2c([2H])c1[2H]. The molecule has 0 fully saturated rings. The Kier molecular flexibility index (Phi) is 4.45. The van der Waals surface area contributed by atoms with Crippen molar-refractivity contribution in [2.45, 2.75) is 0 Å². The zero-order chi connectivity index (χ0) is 40.1. The second-order valence-electron chi connectivity index (χ2n) is 11.7. The van der Waals surface area contributed by atoms with Crippen LogP contribution < -0.4 is 0 Å². The van der Waals surface area contributed by atoms with Gasteiger partial charge in [-0.2, -0.15) is 0 Å². The molecule has 228 valence electrons. The lowest BCUT2D eigenvalue weighted by atomic mass is 9.92. The molecule has 0 aliphatic heterocycles. The Bertz CT molecular complexity index is 3330. The van der Waals surface area contributed by atoms with Crippen LogP contribution in [0.2, 0.25) is 0 Å². The van der Waals surface area contributed by atoms with Gasteiger partial charge in [-0.1, -0.05) is 139 Å². The van der Waals surface area contributed by atoms with E-state index in [4.69, 9.17) is 27.6 Å². The standard InChI is InChI=1S/C45H27N3O/c1-3-12-28(13-4-1)43-46-44(29-14-5-2-6-15-29)48-45(47-43)37-20-11-21-41-42(37)39-27-31(23-25-40(39)49-41)30-22-24-36-34-18-8-7-16-32(34)33-17-9-10-19-35(33)38(36)26-30/h1-27H/i7D,8D,9D,10D,18D,19D,22D,24D,26D. The number of aromatic nitrogens is 3. The molecule has 0 saturated carbocycles. The number of rotatable bonds is 4. The molecule has 0 radical (unpaired) electrons. The first kappa shape index (κ1) is 19.9. The van der Waals surface area contributed by atoms with Crippen LogP contribution in [0.4, 0.5) is 0 Å². The maximum absolute atomic E-state index is 9.69. The summed E-state index contributed by atoms with van der Waals surface area (Å²) in [5.74, 6) is 1.38. The number of nitrogens with zero attached hydrogens (tertiary/aromatic N) is 3. The van der Waals surface area contributed by atoms with Crippen LogP contribution in [-0.2, 0) is 0 Å². The molecular formula is C45H27N3O. The summed E-state index contributed by atoms with van der Waals surface area (Å²) in [6, 6.07) is 30.0. The minimum atomic E-state index is -0.387. The van der Waals surface area contributed by atoms with Crippen LogP contribution in [0.15, 0.2) is 168 Å². The summed E-state index contributed by atoms with van der Waals surface area (Å²) in [5.41, 5.74) is 3.86. The summed E-state index contributed by atoms with van der Waals surface area (Å²) in [6.45, 7) is 0. The molecule has 8 aromatic carbocycles. The van der Waals surface area contributed by atoms with Gasteiger partial charge in [0.1, 0.15) is 11.2 Å². The normalized spacial score (nSPS) is 14.2. The molecule has 0 bridgehead atoms. The first-order valence-electron chi connectivity index (χ1n) is 20.2. The monoisotopic (exact) mass is 634 g/mol. The van der Waals surface area contributed by atoms with Gasteiger partial charge in [-0.3, -0.25) is 0 Å². The van der Waals surface area contributed by atoms with Gasteiger partial charge in [-0.15, -0.1) is 0 Å². The molecule has 0 spiro atoms. The zero-order valence-electron chi connectivity index (χ0n) is 34.6. The van der Waals surface area contributed by atoms with Gasteiger partial charge in [0.25, 0.3) is 0 Å². The predicted octanol–water partition coefficient (Wildman–Crippen LogP) is 11.9. The predicted molar refractivity (Wildman–Crippen MR) is 201 cm³/mol. The molecule has 10 rings (SSSR count). The first-order chi connectivity index (χ1) is 28.0. The summed E-state index contributed by atoms with van der Waals surface area (Å²) in [4.78, 5) is 14.7. The van der Waals surface area contributed by atoms with Gasteiger partial charge in [0, 0.05) is 27.5 Å². The molecule has 2 heterocycles. The molecule has 0 amide bonds. The van der Waals surface area contributed by atoms with Gasteiger partial charge < -0.3 is 4.42 Å². The quantitative estimate of drug-likeness (QED) is 0.181. The molecule has 10 aromatic rings. The van der Waals surface area contributed by atoms with Crippen molar-refractivity contribution in [3.8, 4) is 45.3 Å². The Labute approximate surface area is 294 Å². The highest BCUT2D eigenvalue weighted by Gasteiger charge is 2.18. The molecule has 2 aromatic heterocycles. The van der Waals surface area contributed by atoms with Gasteiger partial charge >= 0.3 is 0 Å². The second kappa shape index (κ2) is 11.0. The molecule has 49 heavy (non-hydrogen) atoms. The Morgan fingerprint density at radius 2 is 1.04 bits per heavy atom. The van der Waals surface area contributed by atoms with E-state index in [1.54, 1.807) is 18.2 Å². The highest BCUT2D eigenvalue weighted by Crippen LogP contribution is 2.40. The fourth-order valence-corrected chi connectivity index (χ4v) is 6.54. The van der Waals surface area contributed by atoms with Gasteiger partial charge in [-0.05, 0) is 67.7 Å². The summed E-state index contributed by atoms with van der Waals surface area (Å²) in [5, 5.41) is 2.11. The highest BCUT2D eigenvalue weighted by molar-refractivity contribution is 6.25. The lowest BCUT2D eigenvalue weighted by Crippen LogP contribution is -2.00. The van der Waals surface area contributed by atoms with E-state index in [2.05, 4.69) is 0 Å². The minimum absolute atomic E-state index is 0.0146. The highest BCUT2D eigenvalue weighted by atomic mass is 16.3. The van der Waals surface area contributed by atoms with E-state index < -0.39 is 0 Å². The molecule has 0 unspecified atom stereocenters. The van der Waals surface area contributed by atoms with Crippen molar-refractivity contribution in [3.63, 3.8) is 0 Å². The van der Waals surface area contributed by atoms with Crippen LogP contribution >= 0.6 is 0 Å². The fourth-order valence-electron chi connectivity index (χ4n) is 6.54. The number of hydrogen-bond acceptors (Lipinski definition) is 4. The lowest BCUT2D eigenvalue weighted by Gasteiger charge is -2.12. The van der Waals surface area contributed by atoms with Crippen molar-refractivity contribution in [2.75, 3.05) is 0 Å². The summed E-state index contributed by atoms with van der Waals surface area (Å²) < 4.78 is 86.4. The lowest BCUT2D eigenvalue weighted by molar-refractivity contribution is 0.669. The van der Waals surface area contributed by atoms with Crippen molar-refractivity contribution >= 4 is 54.3 Å². The molecule has 0 saturated heterocycles. The molecule has 0 N–H and O–H groups in total. The van der Waals surface area contributed by atoms with Crippen LogP contribution in [0, 0.1) is 0 Å². The maximum atomic E-state index is 9.69. The molecule has 4 nitrogen and oxygen atoms in total. The molecule has 4 heteroatoms. The average molecular weight is 635 g/mol. The Morgan fingerprint density at radius 1 is 0.408 bits per heavy atom. The second-order valence-corrected chi connectivity index (χ2v) is 11.7. The van der Waals surface area contributed by atoms with E-state index >= 15 is 0 Å². The van der Waals surface area contributed by atoms with Gasteiger partial charge in [0.15, 0.2) is 17.5 Å². The van der Waals surface area contributed by atoms with E-state index in [1.165, 1.54) is 12.1 Å². The number of furan rings is 1. The Balaban J connectivity index is 1.27. The first-order valence-corrected chi connectivity index (χ1v) is 15.7. The Morgan fingerprint density at radius 3 is 1.73 bits per heavy atom. The number of benzene rings is 8. The van der Waals surface area contributed by atoms with Crippen LogP contribution in [0.3, 0.4) is 0 Å².